The Morgan fingerprint density at radius 3 is 2.76 bits per heavy atom. The van der Waals surface area contributed by atoms with Crippen LogP contribution in [-0.2, 0) is 11.3 Å². The van der Waals surface area contributed by atoms with Gasteiger partial charge < -0.3 is 5.32 Å². The lowest BCUT2D eigenvalue weighted by atomic mass is 10.1. The second kappa shape index (κ2) is 7.27. The van der Waals surface area contributed by atoms with Gasteiger partial charge in [0.2, 0.25) is 5.91 Å². The summed E-state index contributed by atoms with van der Waals surface area (Å²) in [5, 5.41) is 15.6. The molecule has 0 aliphatic rings. The maximum atomic E-state index is 12.1. The van der Waals surface area contributed by atoms with E-state index < -0.39 is 0 Å². The molecule has 124 valence electrons. The standard InChI is InChI=1S/C18H15N5O2/c19-13-15-6-4-14(5-7-15)8-9-17(24)20-10-12-23-18(25)22-11-2-1-3-16(22)21-23/h1-9,11H,10,12H2,(H,20,24)/b9-8+. The quantitative estimate of drug-likeness (QED) is 0.710. The number of nitrogens with one attached hydrogen (secondary N) is 1. The third kappa shape index (κ3) is 3.82. The first-order chi connectivity index (χ1) is 12.2. The van der Waals surface area contributed by atoms with Crippen LogP contribution in [-0.4, -0.2) is 26.6 Å². The van der Waals surface area contributed by atoms with Crippen molar-refractivity contribution in [2.45, 2.75) is 6.54 Å². The van der Waals surface area contributed by atoms with Crippen LogP contribution in [0.2, 0.25) is 0 Å². The number of hydrogen-bond acceptors (Lipinski definition) is 4. The molecule has 2 aromatic heterocycles. The zero-order chi connectivity index (χ0) is 17.6. The van der Waals surface area contributed by atoms with Gasteiger partial charge in [-0.05, 0) is 35.9 Å². The number of benzene rings is 1. The van der Waals surface area contributed by atoms with Crippen molar-refractivity contribution in [1.29, 1.82) is 5.26 Å². The van der Waals surface area contributed by atoms with Crippen molar-refractivity contribution in [1.82, 2.24) is 19.5 Å². The minimum absolute atomic E-state index is 0.238. The molecule has 0 atom stereocenters. The molecule has 0 bridgehead atoms. The Kier molecular flexibility index (Phi) is 4.72. The van der Waals surface area contributed by atoms with Crippen LogP contribution in [0.25, 0.3) is 11.7 Å². The largest absolute Gasteiger partial charge is 0.351 e. The zero-order valence-corrected chi connectivity index (χ0v) is 13.3. The number of carbonyl (C=O) groups excluding carboxylic acids is 1. The number of amides is 1. The van der Waals surface area contributed by atoms with Gasteiger partial charge in [0.25, 0.3) is 0 Å². The van der Waals surface area contributed by atoms with Crippen molar-refractivity contribution in [2.24, 2.45) is 0 Å². The lowest BCUT2D eigenvalue weighted by Gasteiger charge is -2.01. The summed E-state index contributed by atoms with van der Waals surface area (Å²) in [6.07, 6.45) is 4.72. The fourth-order valence-corrected chi connectivity index (χ4v) is 2.30. The molecule has 0 unspecified atom stereocenters. The smallest absolute Gasteiger partial charge is 0.350 e. The van der Waals surface area contributed by atoms with Gasteiger partial charge >= 0.3 is 5.69 Å². The van der Waals surface area contributed by atoms with Crippen LogP contribution in [0.15, 0.2) is 59.5 Å². The molecule has 3 rings (SSSR count). The molecule has 0 fully saturated rings. The SMILES string of the molecule is N#Cc1ccc(/C=C/C(=O)NCCn2nc3ccccn3c2=O)cc1. The Morgan fingerprint density at radius 2 is 2.04 bits per heavy atom. The third-order valence-corrected chi connectivity index (χ3v) is 3.58. The van der Waals surface area contributed by atoms with E-state index >= 15 is 0 Å². The van der Waals surface area contributed by atoms with E-state index in [1.54, 1.807) is 48.7 Å². The van der Waals surface area contributed by atoms with Crippen molar-refractivity contribution < 1.29 is 4.79 Å². The summed E-state index contributed by atoms with van der Waals surface area (Å²) >= 11 is 0. The van der Waals surface area contributed by atoms with Crippen LogP contribution < -0.4 is 11.0 Å². The van der Waals surface area contributed by atoms with Gasteiger partial charge in [0, 0.05) is 18.8 Å². The molecule has 2 heterocycles. The summed E-state index contributed by atoms with van der Waals surface area (Å²) in [6, 6.07) is 14.3. The highest BCUT2D eigenvalue weighted by Gasteiger charge is 2.05. The van der Waals surface area contributed by atoms with Gasteiger partial charge in [-0.15, -0.1) is 5.10 Å². The topological polar surface area (TPSA) is 92.2 Å². The normalized spacial score (nSPS) is 10.8. The summed E-state index contributed by atoms with van der Waals surface area (Å²) in [7, 11) is 0. The van der Waals surface area contributed by atoms with Crippen LogP contribution in [0.5, 0.6) is 0 Å². The van der Waals surface area contributed by atoms with Crippen molar-refractivity contribution >= 4 is 17.6 Å². The highest BCUT2D eigenvalue weighted by molar-refractivity contribution is 5.91. The lowest BCUT2D eigenvalue weighted by molar-refractivity contribution is -0.116. The molecule has 1 aromatic carbocycles. The van der Waals surface area contributed by atoms with Crippen molar-refractivity contribution in [3.8, 4) is 6.07 Å². The molecular weight excluding hydrogens is 318 g/mol. The number of hydrogen-bond donors (Lipinski definition) is 1. The molecule has 7 heteroatoms. The molecule has 1 amide bonds. The predicted molar refractivity (Wildman–Crippen MR) is 92.7 cm³/mol. The molecule has 0 spiro atoms. The highest BCUT2D eigenvalue weighted by atomic mass is 16.2. The Bertz CT molecular complexity index is 1020. The number of aromatic nitrogens is 3. The second-order valence-electron chi connectivity index (χ2n) is 5.29. The number of fused-ring (bicyclic) bond motifs is 1. The van der Waals surface area contributed by atoms with E-state index in [1.807, 2.05) is 12.1 Å². The molecule has 0 radical (unpaired) electrons. The molecule has 0 aliphatic heterocycles. The summed E-state index contributed by atoms with van der Waals surface area (Å²) in [5.74, 6) is -0.263. The molecule has 1 N–H and O–H groups in total. The molecule has 3 aromatic rings. The van der Waals surface area contributed by atoms with E-state index in [0.717, 1.165) is 5.56 Å². The molecule has 0 aliphatic carbocycles. The Hall–Kier alpha value is -3.66. The van der Waals surface area contributed by atoms with E-state index in [9.17, 15) is 9.59 Å². The fraction of sp³-hybridized carbons (Fsp3) is 0.111. The number of nitrogens with zero attached hydrogens (tertiary/aromatic N) is 4. The van der Waals surface area contributed by atoms with Crippen LogP contribution in [0.4, 0.5) is 0 Å². The summed E-state index contributed by atoms with van der Waals surface area (Å²) < 4.78 is 2.77. The van der Waals surface area contributed by atoms with E-state index in [0.29, 0.717) is 17.8 Å². The van der Waals surface area contributed by atoms with E-state index in [1.165, 1.54) is 15.2 Å². The third-order valence-electron chi connectivity index (χ3n) is 3.58. The van der Waals surface area contributed by atoms with Gasteiger partial charge in [-0.3, -0.25) is 9.20 Å². The number of rotatable bonds is 5. The zero-order valence-electron chi connectivity index (χ0n) is 13.3. The fourth-order valence-electron chi connectivity index (χ4n) is 2.30. The van der Waals surface area contributed by atoms with Crippen molar-refractivity contribution in [2.75, 3.05) is 6.54 Å². The number of carbonyl (C=O) groups is 1. The molecule has 7 nitrogen and oxygen atoms in total. The Morgan fingerprint density at radius 1 is 1.24 bits per heavy atom. The average molecular weight is 333 g/mol. The minimum atomic E-state index is -0.263. The van der Waals surface area contributed by atoms with Gasteiger partial charge in [0.05, 0.1) is 18.2 Å². The second-order valence-corrected chi connectivity index (χ2v) is 5.29. The van der Waals surface area contributed by atoms with E-state index in [4.69, 9.17) is 5.26 Å². The monoisotopic (exact) mass is 333 g/mol. The van der Waals surface area contributed by atoms with Gasteiger partial charge in [0.1, 0.15) is 0 Å². The van der Waals surface area contributed by atoms with Gasteiger partial charge in [-0.2, -0.15) is 5.26 Å². The summed E-state index contributed by atoms with van der Waals surface area (Å²) in [4.78, 5) is 23.9. The minimum Gasteiger partial charge on any atom is -0.351 e. The summed E-state index contributed by atoms with van der Waals surface area (Å²) in [6.45, 7) is 0.581. The van der Waals surface area contributed by atoms with Crippen LogP contribution in [0.1, 0.15) is 11.1 Å². The first kappa shape index (κ1) is 16.2. The molecule has 25 heavy (non-hydrogen) atoms. The lowest BCUT2D eigenvalue weighted by Crippen LogP contribution is -2.30. The maximum Gasteiger partial charge on any atom is 0.350 e. The predicted octanol–water partition coefficient (Wildman–Crippen LogP) is 1.20. The van der Waals surface area contributed by atoms with Gasteiger partial charge in [0.15, 0.2) is 5.65 Å². The number of pyridine rings is 1. The number of nitriles is 1. The van der Waals surface area contributed by atoms with Crippen LogP contribution >= 0.6 is 0 Å². The Labute approximate surface area is 143 Å². The first-order valence-corrected chi connectivity index (χ1v) is 7.67. The van der Waals surface area contributed by atoms with E-state index in [2.05, 4.69) is 10.4 Å². The van der Waals surface area contributed by atoms with E-state index in [-0.39, 0.29) is 18.1 Å². The molecular formula is C18H15N5O2. The van der Waals surface area contributed by atoms with Crippen LogP contribution in [0, 0.1) is 11.3 Å². The van der Waals surface area contributed by atoms with Crippen molar-refractivity contribution in [3.63, 3.8) is 0 Å². The Balaban J connectivity index is 1.55. The van der Waals surface area contributed by atoms with Gasteiger partial charge in [-0.1, -0.05) is 18.2 Å². The van der Waals surface area contributed by atoms with Gasteiger partial charge in [-0.25, -0.2) is 9.48 Å². The first-order valence-electron chi connectivity index (χ1n) is 7.67. The van der Waals surface area contributed by atoms with Crippen LogP contribution in [0.3, 0.4) is 0 Å². The van der Waals surface area contributed by atoms with Crippen molar-refractivity contribution in [3.05, 3.63) is 76.3 Å². The maximum absolute atomic E-state index is 12.1. The molecule has 0 saturated heterocycles. The summed E-state index contributed by atoms with van der Waals surface area (Å²) in [5.41, 5.74) is 1.72. The molecule has 0 saturated carbocycles. The average Bonchev–Trinajstić information content (AvgIpc) is 2.97. The highest BCUT2D eigenvalue weighted by Crippen LogP contribution is 2.04.